The zero-order valence-corrected chi connectivity index (χ0v) is 16.2. The highest BCUT2D eigenvalue weighted by Crippen LogP contribution is 2.15. The predicted molar refractivity (Wildman–Crippen MR) is 107 cm³/mol. The fourth-order valence-corrected chi connectivity index (χ4v) is 2.68. The van der Waals surface area contributed by atoms with Crippen molar-refractivity contribution in [1.82, 2.24) is 15.2 Å². The minimum atomic E-state index is -0.333. The van der Waals surface area contributed by atoms with Crippen LogP contribution in [0.4, 0.5) is 11.5 Å². The maximum atomic E-state index is 12.4. The molecule has 3 aromatic rings. The van der Waals surface area contributed by atoms with Crippen molar-refractivity contribution in [3.05, 3.63) is 70.1 Å². The molecule has 3 N–H and O–H groups in total. The first kappa shape index (κ1) is 18.8. The normalized spacial score (nSPS) is 10.4. The van der Waals surface area contributed by atoms with Crippen LogP contribution in [0.15, 0.2) is 53.1 Å². The predicted octanol–water partition coefficient (Wildman–Crippen LogP) is 4.02. The highest BCUT2D eigenvalue weighted by atomic mass is 79.9. The van der Waals surface area contributed by atoms with Crippen molar-refractivity contribution in [2.75, 3.05) is 10.6 Å². The van der Waals surface area contributed by atoms with Crippen molar-refractivity contribution in [2.24, 2.45) is 0 Å². The zero-order valence-electron chi connectivity index (χ0n) is 14.6. The number of anilines is 2. The Bertz CT molecular complexity index is 953. The van der Waals surface area contributed by atoms with Crippen LogP contribution in [0.3, 0.4) is 0 Å². The Kier molecular flexibility index (Phi) is 5.97. The van der Waals surface area contributed by atoms with E-state index in [2.05, 4.69) is 48.7 Å². The number of hydrogen-bond donors (Lipinski definition) is 3. The van der Waals surface area contributed by atoms with Crippen LogP contribution in [-0.4, -0.2) is 27.0 Å². The Morgan fingerprint density at radius 2 is 1.96 bits per heavy atom. The number of carbonyl (C=O) groups excluding carboxylic acids is 2. The number of aromatic nitrogens is 3. The molecule has 0 saturated carbocycles. The lowest BCUT2D eigenvalue weighted by atomic mass is 10.2. The minimum absolute atomic E-state index is 0.312. The number of halogens is 1. The number of benzene rings is 1. The van der Waals surface area contributed by atoms with E-state index in [0.29, 0.717) is 22.8 Å². The third kappa shape index (κ3) is 5.01. The van der Waals surface area contributed by atoms with E-state index >= 15 is 0 Å². The van der Waals surface area contributed by atoms with Gasteiger partial charge in [-0.2, -0.15) is 5.10 Å². The van der Waals surface area contributed by atoms with Crippen LogP contribution in [-0.2, 0) is 6.42 Å². The second kappa shape index (κ2) is 8.59. The van der Waals surface area contributed by atoms with Gasteiger partial charge >= 0.3 is 0 Å². The maximum absolute atomic E-state index is 12.4. The molecule has 2 amide bonds. The van der Waals surface area contributed by atoms with Gasteiger partial charge in [0, 0.05) is 27.6 Å². The summed E-state index contributed by atoms with van der Waals surface area (Å²) in [6.07, 6.45) is 3.40. The highest BCUT2D eigenvalue weighted by Gasteiger charge is 2.12. The summed E-state index contributed by atoms with van der Waals surface area (Å²) in [5.74, 6) is -0.204. The van der Waals surface area contributed by atoms with Gasteiger partial charge in [-0.3, -0.25) is 14.7 Å². The van der Waals surface area contributed by atoms with Crippen LogP contribution in [0.5, 0.6) is 0 Å². The number of pyridine rings is 1. The fourth-order valence-electron chi connectivity index (χ4n) is 2.45. The average Bonchev–Trinajstić information content (AvgIpc) is 3.13. The summed E-state index contributed by atoms with van der Waals surface area (Å²) in [5.41, 5.74) is 2.15. The van der Waals surface area contributed by atoms with Gasteiger partial charge in [0.15, 0.2) is 5.69 Å². The summed E-state index contributed by atoms with van der Waals surface area (Å²) in [7, 11) is 0. The van der Waals surface area contributed by atoms with Crippen LogP contribution in [0.1, 0.15) is 39.9 Å². The first-order valence-corrected chi connectivity index (χ1v) is 9.23. The van der Waals surface area contributed by atoms with Crippen molar-refractivity contribution >= 4 is 39.2 Å². The van der Waals surface area contributed by atoms with Crippen LogP contribution in [0, 0.1) is 0 Å². The molecule has 2 heterocycles. The fraction of sp³-hybridized carbons (Fsp3) is 0.158. The Morgan fingerprint density at radius 1 is 1.11 bits per heavy atom. The summed E-state index contributed by atoms with van der Waals surface area (Å²) in [6.45, 7) is 2.06. The van der Waals surface area contributed by atoms with Crippen LogP contribution >= 0.6 is 15.9 Å². The molecule has 0 atom stereocenters. The zero-order chi connectivity index (χ0) is 19.2. The number of nitrogens with one attached hydrogen (secondary N) is 3. The molecule has 1 aromatic carbocycles. The maximum Gasteiger partial charge on any atom is 0.276 e. The monoisotopic (exact) mass is 427 g/mol. The summed E-state index contributed by atoms with van der Waals surface area (Å²) in [5, 5.41) is 12.3. The van der Waals surface area contributed by atoms with Gasteiger partial charge < -0.3 is 10.6 Å². The number of carbonyl (C=O) groups is 2. The molecule has 0 spiro atoms. The molecule has 0 aliphatic heterocycles. The van der Waals surface area contributed by atoms with E-state index in [-0.39, 0.29) is 11.8 Å². The summed E-state index contributed by atoms with van der Waals surface area (Å²) in [4.78, 5) is 28.8. The lowest BCUT2D eigenvalue weighted by molar-refractivity contribution is 0.101. The average molecular weight is 428 g/mol. The number of hydrogen-bond acceptors (Lipinski definition) is 4. The van der Waals surface area contributed by atoms with Gasteiger partial charge in [0.2, 0.25) is 0 Å². The van der Waals surface area contributed by atoms with E-state index in [4.69, 9.17) is 0 Å². The minimum Gasteiger partial charge on any atom is -0.321 e. The molecule has 0 unspecified atom stereocenters. The second-order valence-electron chi connectivity index (χ2n) is 5.88. The van der Waals surface area contributed by atoms with Gasteiger partial charge in [-0.15, -0.1) is 0 Å². The van der Waals surface area contributed by atoms with E-state index in [0.717, 1.165) is 23.0 Å². The number of aryl methyl sites for hydroxylation is 1. The summed E-state index contributed by atoms with van der Waals surface area (Å²) >= 11 is 3.30. The van der Waals surface area contributed by atoms with Crippen molar-refractivity contribution < 1.29 is 9.59 Å². The number of aromatic amines is 1. The van der Waals surface area contributed by atoms with Crippen LogP contribution in [0.2, 0.25) is 0 Å². The first-order valence-electron chi connectivity index (χ1n) is 8.43. The smallest absolute Gasteiger partial charge is 0.276 e. The van der Waals surface area contributed by atoms with Gasteiger partial charge in [-0.1, -0.05) is 19.4 Å². The molecule has 7 nitrogen and oxygen atoms in total. The molecule has 0 aliphatic carbocycles. The van der Waals surface area contributed by atoms with Gasteiger partial charge in [-0.25, -0.2) is 4.98 Å². The number of amides is 2. The SMILES string of the molecule is CCCc1cc(C(=O)Nc2cccc(C(=O)Nc3ccc(Br)cn3)c2)n[nH]1. The van der Waals surface area contributed by atoms with Gasteiger partial charge in [0.25, 0.3) is 11.8 Å². The quantitative estimate of drug-likeness (QED) is 0.552. The molecule has 8 heteroatoms. The lowest BCUT2D eigenvalue weighted by Crippen LogP contribution is -2.15. The third-order valence-electron chi connectivity index (χ3n) is 3.73. The van der Waals surface area contributed by atoms with E-state index in [9.17, 15) is 9.59 Å². The third-order valence-corrected chi connectivity index (χ3v) is 4.20. The van der Waals surface area contributed by atoms with Crippen molar-refractivity contribution in [2.45, 2.75) is 19.8 Å². The molecule has 0 saturated heterocycles. The van der Waals surface area contributed by atoms with E-state index in [1.807, 2.05) is 0 Å². The first-order chi connectivity index (χ1) is 13.0. The Hall–Kier alpha value is -3.00. The molecule has 27 heavy (non-hydrogen) atoms. The molecular formula is C19H18BrN5O2. The molecule has 0 fully saturated rings. The van der Waals surface area contributed by atoms with Crippen molar-refractivity contribution in [3.8, 4) is 0 Å². The molecule has 2 aromatic heterocycles. The number of rotatable bonds is 6. The molecule has 138 valence electrons. The number of H-pyrrole nitrogens is 1. The van der Waals surface area contributed by atoms with E-state index in [1.165, 1.54) is 0 Å². The van der Waals surface area contributed by atoms with E-state index < -0.39 is 0 Å². The lowest BCUT2D eigenvalue weighted by Gasteiger charge is -2.07. The van der Waals surface area contributed by atoms with Crippen LogP contribution in [0.25, 0.3) is 0 Å². The topological polar surface area (TPSA) is 99.8 Å². The largest absolute Gasteiger partial charge is 0.321 e. The van der Waals surface area contributed by atoms with Gasteiger partial charge in [-0.05, 0) is 58.7 Å². The molecule has 0 radical (unpaired) electrons. The Balaban J connectivity index is 1.68. The van der Waals surface area contributed by atoms with E-state index in [1.54, 1.807) is 48.7 Å². The van der Waals surface area contributed by atoms with Crippen molar-refractivity contribution in [1.29, 1.82) is 0 Å². The molecule has 0 bridgehead atoms. The van der Waals surface area contributed by atoms with Crippen LogP contribution < -0.4 is 10.6 Å². The Labute approximate surface area is 164 Å². The molecule has 0 aliphatic rings. The molecule has 3 rings (SSSR count). The second-order valence-corrected chi connectivity index (χ2v) is 6.79. The number of nitrogens with zero attached hydrogens (tertiary/aromatic N) is 2. The van der Waals surface area contributed by atoms with Gasteiger partial charge in [0.1, 0.15) is 5.82 Å². The summed E-state index contributed by atoms with van der Waals surface area (Å²) in [6, 6.07) is 11.9. The standard InChI is InChI=1S/C19H18BrN5O2/c1-2-4-15-10-16(25-24-15)19(27)22-14-6-3-5-12(9-14)18(26)23-17-8-7-13(20)11-21-17/h3,5-11H,2,4H2,1H3,(H,22,27)(H,24,25)(H,21,23,26). The van der Waals surface area contributed by atoms with Crippen molar-refractivity contribution in [3.63, 3.8) is 0 Å². The summed E-state index contributed by atoms with van der Waals surface area (Å²) < 4.78 is 0.825. The molecular weight excluding hydrogens is 410 g/mol. The highest BCUT2D eigenvalue weighted by molar-refractivity contribution is 9.10. The van der Waals surface area contributed by atoms with Gasteiger partial charge in [0.05, 0.1) is 0 Å². The Morgan fingerprint density at radius 3 is 2.70 bits per heavy atom.